The van der Waals surface area contributed by atoms with Gasteiger partial charge in [0.15, 0.2) is 0 Å². The molecule has 0 radical (unpaired) electrons. The molecule has 82 valence electrons. The van der Waals surface area contributed by atoms with Crippen LogP contribution >= 0.6 is 0 Å². The van der Waals surface area contributed by atoms with Crippen LogP contribution in [0.5, 0.6) is 5.75 Å². The third-order valence-corrected chi connectivity index (χ3v) is 1.94. The maximum Gasteiger partial charge on any atom is 0.248 e. The minimum Gasteiger partial charge on any atom is -0.494 e. The molecule has 1 rings (SSSR count). The maximum absolute atomic E-state index is 11.0. The number of carbonyl (C=O) groups is 1. The Morgan fingerprint density at radius 3 is 2.73 bits per heavy atom. The van der Waals surface area contributed by atoms with Crippen molar-refractivity contribution in [2.75, 3.05) is 13.7 Å². The summed E-state index contributed by atoms with van der Waals surface area (Å²) in [5.74, 6) is 0.278. The SMILES string of the molecule is CCOc1ccc(C(N)=O)cc1COC. The fourth-order valence-electron chi connectivity index (χ4n) is 1.30. The molecule has 0 atom stereocenters. The Hall–Kier alpha value is -1.55. The van der Waals surface area contributed by atoms with Crippen molar-refractivity contribution in [2.24, 2.45) is 5.73 Å². The molecular formula is C11H15NO3. The highest BCUT2D eigenvalue weighted by Gasteiger charge is 2.07. The first-order chi connectivity index (χ1) is 7.19. The Balaban J connectivity index is 3.02. The van der Waals surface area contributed by atoms with Crippen LogP contribution in [0.1, 0.15) is 22.8 Å². The molecule has 0 unspecified atom stereocenters. The lowest BCUT2D eigenvalue weighted by Crippen LogP contribution is -2.11. The summed E-state index contributed by atoms with van der Waals surface area (Å²) in [6, 6.07) is 5.07. The standard InChI is InChI=1S/C11H15NO3/c1-3-15-10-5-4-8(11(12)13)6-9(10)7-14-2/h4-6H,3,7H2,1-2H3,(H2,12,13). The minimum absolute atomic E-state index is 0.399. The molecule has 0 aromatic heterocycles. The molecule has 0 aliphatic heterocycles. The Morgan fingerprint density at radius 2 is 2.20 bits per heavy atom. The van der Waals surface area contributed by atoms with Crippen LogP contribution in [0.2, 0.25) is 0 Å². The zero-order valence-electron chi connectivity index (χ0n) is 8.95. The molecule has 15 heavy (non-hydrogen) atoms. The molecule has 1 aromatic carbocycles. The second-order valence-electron chi connectivity index (χ2n) is 3.05. The van der Waals surface area contributed by atoms with Gasteiger partial charge in [0, 0.05) is 18.2 Å². The zero-order chi connectivity index (χ0) is 11.3. The highest BCUT2D eigenvalue weighted by Crippen LogP contribution is 2.20. The number of ether oxygens (including phenoxy) is 2. The van der Waals surface area contributed by atoms with Crippen molar-refractivity contribution in [1.82, 2.24) is 0 Å². The normalized spacial score (nSPS) is 10.0. The van der Waals surface area contributed by atoms with E-state index in [1.165, 1.54) is 0 Å². The van der Waals surface area contributed by atoms with Crippen LogP contribution < -0.4 is 10.5 Å². The van der Waals surface area contributed by atoms with Crippen LogP contribution in [0.3, 0.4) is 0 Å². The van der Waals surface area contributed by atoms with E-state index < -0.39 is 5.91 Å². The molecule has 0 aliphatic carbocycles. The quantitative estimate of drug-likeness (QED) is 0.795. The van der Waals surface area contributed by atoms with Crippen LogP contribution in [0.15, 0.2) is 18.2 Å². The lowest BCUT2D eigenvalue weighted by atomic mass is 10.1. The van der Waals surface area contributed by atoms with E-state index in [0.29, 0.717) is 18.8 Å². The topological polar surface area (TPSA) is 61.5 Å². The second-order valence-corrected chi connectivity index (χ2v) is 3.05. The fourth-order valence-corrected chi connectivity index (χ4v) is 1.30. The molecule has 0 heterocycles. The summed E-state index contributed by atoms with van der Waals surface area (Å²) in [6.07, 6.45) is 0. The Labute approximate surface area is 89.0 Å². The van der Waals surface area contributed by atoms with Gasteiger partial charge in [0.05, 0.1) is 13.2 Å². The number of methoxy groups -OCH3 is 1. The number of hydrogen-bond donors (Lipinski definition) is 1. The van der Waals surface area contributed by atoms with Gasteiger partial charge in [-0.3, -0.25) is 4.79 Å². The smallest absolute Gasteiger partial charge is 0.248 e. The van der Waals surface area contributed by atoms with Gasteiger partial charge >= 0.3 is 0 Å². The van der Waals surface area contributed by atoms with Crippen LogP contribution in [-0.2, 0) is 11.3 Å². The van der Waals surface area contributed by atoms with Crippen LogP contribution in [0, 0.1) is 0 Å². The summed E-state index contributed by atoms with van der Waals surface area (Å²) in [5, 5.41) is 0. The number of benzene rings is 1. The van der Waals surface area contributed by atoms with Gasteiger partial charge in [-0.2, -0.15) is 0 Å². The van der Waals surface area contributed by atoms with E-state index in [0.717, 1.165) is 11.3 Å². The molecule has 1 amide bonds. The first-order valence-corrected chi connectivity index (χ1v) is 4.73. The van der Waals surface area contributed by atoms with Crippen molar-refractivity contribution < 1.29 is 14.3 Å². The molecule has 0 fully saturated rings. The van der Waals surface area contributed by atoms with Gasteiger partial charge in [-0.15, -0.1) is 0 Å². The Kier molecular flexibility index (Phi) is 4.12. The predicted molar refractivity (Wildman–Crippen MR) is 56.8 cm³/mol. The third-order valence-electron chi connectivity index (χ3n) is 1.94. The number of hydrogen-bond acceptors (Lipinski definition) is 3. The van der Waals surface area contributed by atoms with E-state index in [1.807, 2.05) is 6.92 Å². The lowest BCUT2D eigenvalue weighted by molar-refractivity contribution is 0.1000. The van der Waals surface area contributed by atoms with Crippen LogP contribution in [0.25, 0.3) is 0 Å². The summed E-state index contributed by atoms with van der Waals surface area (Å²) in [5.41, 5.74) is 6.47. The molecule has 4 heteroatoms. The first kappa shape index (κ1) is 11.5. The summed E-state index contributed by atoms with van der Waals surface area (Å²) >= 11 is 0. The molecule has 1 aromatic rings. The predicted octanol–water partition coefficient (Wildman–Crippen LogP) is 1.33. The number of primary amides is 1. The van der Waals surface area contributed by atoms with E-state index in [2.05, 4.69) is 0 Å². The van der Waals surface area contributed by atoms with Crippen molar-refractivity contribution in [2.45, 2.75) is 13.5 Å². The highest BCUT2D eigenvalue weighted by atomic mass is 16.5. The minimum atomic E-state index is -0.449. The van der Waals surface area contributed by atoms with Gasteiger partial charge in [0.25, 0.3) is 0 Å². The molecule has 0 saturated heterocycles. The molecule has 0 saturated carbocycles. The largest absolute Gasteiger partial charge is 0.494 e. The van der Waals surface area contributed by atoms with Crippen molar-refractivity contribution in [3.05, 3.63) is 29.3 Å². The Bertz CT molecular complexity index is 350. The molecule has 0 bridgehead atoms. The molecule has 0 spiro atoms. The van der Waals surface area contributed by atoms with Crippen molar-refractivity contribution in [3.8, 4) is 5.75 Å². The van der Waals surface area contributed by atoms with Gasteiger partial charge < -0.3 is 15.2 Å². The van der Waals surface area contributed by atoms with E-state index in [4.69, 9.17) is 15.2 Å². The lowest BCUT2D eigenvalue weighted by Gasteiger charge is -2.10. The van der Waals surface area contributed by atoms with Crippen LogP contribution in [-0.4, -0.2) is 19.6 Å². The summed E-state index contributed by atoms with van der Waals surface area (Å²) in [4.78, 5) is 11.0. The number of carbonyl (C=O) groups excluding carboxylic acids is 1. The van der Waals surface area contributed by atoms with Gasteiger partial charge in [-0.25, -0.2) is 0 Å². The average Bonchev–Trinajstić information content (AvgIpc) is 2.21. The Morgan fingerprint density at radius 1 is 1.47 bits per heavy atom. The molecular weight excluding hydrogens is 194 g/mol. The highest BCUT2D eigenvalue weighted by molar-refractivity contribution is 5.93. The number of amides is 1. The number of rotatable bonds is 5. The molecule has 2 N–H and O–H groups in total. The third kappa shape index (κ3) is 2.95. The van der Waals surface area contributed by atoms with E-state index >= 15 is 0 Å². The fraction of sp³-hybridized carbons (Fsp3) is 0.364. The maximum atomic E-state index is 11.0. The van der Waals surface area contributed by atoms with Gasteiger partial charge in [0.2, 0.25) is 5.91 Å². The average molecular weight is 209 g/mol. The van der Waals surface area contributed by atoms with Crippen molar-refractivity contribution in [3.63, 3.8) is 0 Å². The molecule has 0 aliphatic rings. The monoisotopic (exact) mass is 209 g/mol. The first-order valence-electron chi connectivity index (χ1n) is 4.73. The van der Waals surface area contributed by atoms with E-state index in [1.54, 1.807) is 25.3 Å². The summed E-state index contributed by atoms with van der Waals surface area (Å²) in [7, 11) is 1.59. The van der Waals surface area contributed by atoms with E-state index in [-0.39, 0.29) is 0 Å². The number of nitrogens with two attached hydrogens (primary N) is 1. The van der Waals surface area contributed by atoms with Crippen molar-refractivity contribution >= 4 is 5.91 Å². The second kappa shape index (κ2) is 5.36. The summed E-state index contributed by atoms with van der Waals surface area (Å²) < 4.78 is 10.4. The van der Waals surface area contributed by atoms with Gasteiger partial charge in [-0.1, -0.05) is 0 Å². The molecule has 4 nitrogen and oxygen atoms in total. The van der Waals surface area contributed by atoms with Crippen LogP contribution in [0.4, 0.5) is 0 Å². The zero-order valence-corrected chi connectivity index (χ0v) is 8.95. The van der Waals surface area contributed by atoms with Gasteiger partial charge in [-0.05, 0) is 25.1 Å². The summed E-state index contributed by atoms with van der Waals surface area (Å²) in [6.45, 7) is 2.88. The van der Waals surface area contributed by atoms with Gasteiger partial charge in [0.1, 0.15) is 5.75 Å². The van der Waals surface area contributed by atoms with Crippen molar-refractivity contribution in [1.29, 1.82) is 0 Å². The van der Waals surface area contributed by atoms with E-state index in [9.17, 15) is 4.79 Å².